The lowest BCUT2D eigenvalue weighted by atomic mass is 10.1. The summed E-state index contributed by atoms with van der Waals surface area (Å²) >= 11 is 1.14. The maximum absolute atomic E-state index is 12.8. The highest BCUT2D eigenvalue weighted by atomic mass is 32.3. The Morgan fingerprint density at radius 3 is 2.87 bits per heavy atom. The lowest BCUT2D eigenvalue weighted by Gasteiger charge is -2.11. The molecule has 0 bridgehead atoms. The van der Waals surface area contributed by atoms with E-state index in [4.69, 9.17) is 5.11 Å². The van der Waals surface area contributed by atoms with Gasteiger partial charge in [-0.3, -0.25) is 9.69 Å². The maximum Gasteiger partial charge on any atom is 0.335 e. The largest absolute Gasteiger partial charge is 0.478 e. The highest BCUT2D eigenvalue weighted by Crippen LogP contribution is 2.33. The van der Waals surface area contributed by atoms with Crippen LogP contribution in [-0.4, -0.2) is 42.7 Å². The lowest BCUT2D eigenvalue weighted by Crippen LogP contribution is -2.25. The molecule has 1 atom stereocenters. The van der Waals surface area contributed by atoms with Crippen molar-refractivity contribution in [3.63, 3.8) is 0 Å². The molecule has 1 amide bonds. The number of carbonyl (C=O) groups is 2. The average Bonchev–Trinajstić information content (AvgIpc) is 2.98. The van der Waals surface area contributed by atoms with E-state index in [2.05, 4.69) is 4.98 Å². The summed E-state index contributed by atoms with van der Waals surface area (Å²) in [5, 5.41) is 9.33. The second kappa shape index (κ2) is 5.53. The number of fused-ring (bicyclic) bond motifs is 1. The van der Waals surface area contributed by atoms with Gasteiger partial charge in [-0.15, -0.1) is 3.89 Å². The van der Waals surface area contributed by atoms with Crippen molar-refractivity contribution in [3.8, 4) is 0 Å². The summed E-state index contributed by atoms with van der Waals surface area (Å²) < 4.78 is 34.8. The van der Waals surface area contributed by atoms with Gasteiger partial charge in [-0.1, -0.05) is 11.3 Å². The van der Waals surface area contributed by atoms with Crippen molar-refractivity contribution in [1.29, 1.82) is 0 Å². The number of carboxylic acid groups (broad SMARTS) is 1. The van der Waals surface area contributed by atoms with Crippen LogP contribution in [0, 0.1) is 5.92 Å². The number of carbonyl (C=O) groups excluding carboxylic acids is 1. The van der Waals surface area contributed by atoms with Crippen LogP contribution in [0.5, 0.6) is 0 Å². The Labute approximate surface area is 134 Å². The summed E-state index contributed by atoms with van der Waals surface area (Å²) in [7, 11) is -4.64. The van der Waals surface area contributed by atoms with E-state index < -0.39 is 27.9 Å². The number of aromatic carboxylic acids is 1. The van der Waals surface area contributed by atoms with Crippen molar-refractivity contribution in [2.45, 2.75) is 6.42 Å². The fourth-order valence-electron chi connectivity index (χ4n) is 2.52. The van der Waals surface area contributed by atoms with Gasteiger partial charge in [0.15, 0.2) is 5.13 Å². The third-order valence-electron chi connectivity index (χ3n) is 3.49. The Balaban J connectivity index is 1.88. The number of thiazole rings is 1. The number of rotatable bonds is 4. The van der Waals surface area contributed by atoms with Crippen LogP contribution in [0.4, 0.5) is 9.02 Å². The monoisotopic (exact) mass is 358 g/mol. The molecule has 1 unspecified atom stereocenters. The number of anilines is 1. The SMILES string of the molecule is O=C(O)c1ccc2nc(N3CC(CS(=O)(=O)F)CC3=O)sc2c1. The second-order valence-electron chi connectivity index (χ2n) is 5.26. The number of nitrogens with zero attached hydrogens (tertiary/aromatic N) is 2. The fourth-order valence-corrected chi connectivity index (χ4v) is 4.34. The lowest BCUT2D eigenvalue weighted by molar-refractivity contribution is -0.117. The van der Waals surface area contributed by atoms with Crippen molar-refractivity contribution in [1.82, 2.24) is 4.98 Å². The molecule has 2 aromatic rings. The molecule has 0 saturated carbocycles. The molecule has 1 N–H and O–H groups in total. The van der Waals surface area contributed by atoms with Crippen molar-refractivity contribution < 1.29 is 27.0 Å². The van der Waals surface area contributed by atoms with Gasteiger partial charge in [-0.2, -0.15) is 8.42 Å². The second-order valence-corrected chi connectivity index (χ2v) is 7.68. The van der Waals surface area contributed by atoms with E-state index in [-0.39, 0.29) is 24.4 Å². The quantitative estimate of drug-likeness (QED) is 0.833. The van der Waals surface area contributed by atoms with Crippen LogP contribution in [-0.2, 0) is 15.0 Å². The summed E-state index contributed by atoms with van der Waals surface area (Å²) in [5.74, 6) is -2.69. The maximum atomic E-state index is 12.8. The van der Waals surface area contributed by atoms with E-state index in [0.717, 1.165) is 11.3 Å². The number of aromatic nitrogens is 1. The summed E-state index contributed by atoms with van der Waals surface area (Å²) in [6.45, 7) is 0.0770. The minimum Gasteiger partial charge on any atom is -0.478 e. The number of carboxylic acids is 1. The molecule has 122 valence electrons. The van der Waals surface area contributed by atoms with E-state index in [0.29, 0.717) is 15.3 Å². The van der Waals surface area contributed by atoms with Crippen LogP contribution in [0.1, 0.15) is 16.8 Å². The van der Waals surface area contributed by atoms with Gasteiger partial charge in [0.2, 0.25) is 5.91 Å². The summed E-state index contributed by atoms with van der Waals surface area (Å²) in [4.78, 5) is 28.6. The van der Waals surface area contributed by atoms with E-state index >= 15 is 0 Å². The average molecular weight is 358 g/mol. The van der Waals surface area contributed by atoms with Crippen LogP contribution >= 0.6 is 11.3 Å². The first-order valence-corrected chi connectivity index (χ1v) is 8.96. The summed E-state index contributed by atoms with van der Waals surface area (Å²) in [6, 6.07) is 4.42. The molecule has 0 aliphatic carbocycles. The normalized spacial score (nSPS) is 18.7. The first-order valence-electron chi connectivity index (χ1n) is 6.59. The third-order valence-corrected chi connectivity index (χ3v) is 5.41. The zero-order valence-corrected chi connectivity index (χ0v) is 13.2. The number of amides is 1. The predicted molar refractivity (Wildman–Crippen MR) is 81.9 cm³/mol. The smallest absolute Gasteiger partial charge is 0.335 e. The molecule has 1 aromatic carbocycles. The van der Waals surface area contributed by atoms with E-state index in [1.807, 2.05) is 0 Å². The van der Waals surface area contributed by atoms with E-state index in [1.54, 1.807) is 6.07 Å². The molecule has 1 aliphatic heterocycles. The van der Waals surface area contributed by atoms with Crippen molar-refractivity contribution in [2.24, 2.45) is 5.92 Å². The molecule has 0 spiro atoms. The Morgan fingerprint density at radius 2 is 2.22 bits per heavy atom. The van der Waals surface area contributed by atoms with Crippen LogP contribution in [0.25, 0.3) is 10.2 Å². The zero-order chi connectivity index (χ0) is 16.8. The molecule has 7 nitrogen and oxygen atoms in total. The van der Waals surface area contributed by atoms with Crippen LogP contribution in [0.3, 0.4) is 0 Å². The van der Waals surface area contributed by atoms with E-state index in [1.165, 1.54) is 17.0 Å². The van der Waals surface area contributed by atoms with Gasteiger partial charge in [-0.25, -0.2) is 9.78 Å². The van der Waals surface area contributed by atoms with Crippen LogP contribution < -0.4 is 4.90 Å². The van der Waals surface area contributed by atoms with Crippen LogP contribution in [0.2, 0.25) is 0 Å². The standard InChI is InChI=1S/C13H11FN2O5S2/c14-23(20,21)6-7-3-11(17)16(5-7)13-15-9-2-1-8(12(18)19)4-10(9)22-13/h1-2,4,7H,3,5-6H2,(H,18,19). The van der Waals surface area contributed by atoms with Crippen molar-refractivity contribution >= 4 is 48.8 Å². The first-order chi connectivity index (χ1) is 10.7. The van der Waals surface area contributed by atoms with Gasteiger partial charge in [0, 0.05) is 18.9 Å². The molecule has 23 heavy (non-hydrogen) atoms. The first kappa shape index (κ1) is 15.8. The predicted octanol–water partition coefficient (Wildman–Crippen LogP) is 1.65. The van der Waals surface area contributed by atoms with Crippen molar-refractivity contribution in [2.75, 3.05) is 17.2 Å². The molecule has 0 radical (unpaired) electrons. The zero-order valence-electron chi connectivity index (χ0n) is 11.6. The van der Waals surface area contributed by atoms with Gasteiger partial charge in [0.05, 0.1) is 21.5 Å². The number of halogens is 1. The topological polar surface area (TPSA) is 105 Å². The third kappa shape index (κ3) is 3.32. The number of benzene rings is 1. The molecular weight excluding hydrogens is 347 g/mol. The number of hydrogen-bond donors (Lipinski definition) is 1. The fraction of sp³-hybridized carbons (Fsp3) is 0.308. The number of hydrogen-bond acceptors (Lipinski definition) is 6. The van der Waals surface area contributed by atoms with Gasteiger partial charge < -0.3 is 5.11 Å². The Bertz CT molecular complexity index is 908. The summed E-state index contributed by atoms with van der Waals surface area (Å²) in [5.41, 5.74) is 0.659. The molecular formula is C13H11FN2O5S2. The Hall–Kier alpha value is -2.07. The van der Waals surface area contributed by atoms with Crippen molar-refractivity contribution in [3.05, 3.63) is 23.8 Å². The van der Waals surface area contributed by atoms with Gasteiger partial charge in [0.1, 0.15) is 0 Å². The van der Waals surface area contributed by atoms with E-state index in [9.17, 15) is 21.9 Å². The minimum absolute atomic E-state index is 0.0561. The minimum atomic E-state index is -4.64. The molecule has 3 rings (SSSR count). The molecule has 1 aliphatic rings. The molecule has 1 aromatic heterocycles. The highest BCUT2D eigenvalue weighted by molar-refractivity contribution is 7.86. The molecule has 1 saturated heterocycles. The molecule has 10 heteroatoms. The molecule has 2 heterocycles. The summed E-state index contributed by atoms with van der Waals surface area (Å²) in [6.07, 6.45) is -0.0561. The van der Waals surface area contributed by atoms with Gasteiger partial charge >= 0.3 is 16.2 Å². The van der Waals surface area contributed by atoms with Gasteiger partial charge in [0.25, 0.3) is 0 Å². The molecule has 1 fully saturated rings. The highest BCUT2D eigenvalue weighted by Gasteiger charge is 2.35. The Kier molecular flexibility index (Phi) is 3.80. The van der Waals surface area contributed by atoms with Gasteiger partial charge in [-0.05, 0) is 18.2 Å². The Morgan fingerprint density at radius 1 is 1.48 bits per heavy atom. The van der Waals surface area contributed by atoms with Crippen LogP contribution in [0.15, 0.2) is 18.2 Å².